The first-order valence-electron chi connectivity index (χ1n) is 9.15. The van der Waals surface area contributed by atoms with Crippen molar-refractivity contribution in [3.05, 3.63) is 0 Å². The molecular formula is C19H34O2. The van der Waals surface area contributed by atoms with Crippen LogP contribution in [0.15, 0.2) is 0 Å². The SMILES string of the molecule is CC1(C)CCC[C@@]2(C)[C@H]1CC[C@@]1(O)CC(CCO)CC[C@@H]12. The molecule has 3 aliphatic carbocycles. The van der Waals surface area contributed by atoms with Gasteiger partial charge in [0, 0.05) is 6.61 Å². The van der Waals surface area contributed by atoms with Gasteiger partial charge in [0.05, 0.1) is 5.60 Å². The first-order valence-corrected chi connectivity index (χ1v) is 9.15. The molecule has 3 aliphatic rings. The van der Waals surface area contributed by atoms with Crippen molar-refractivity contribution < 1.29 is 10.2 Å². The van der Waals surface area contributed by atoms with E-state index < -0.39 is 5.60 Å². The average Bonchev–Trinajstić information content (AvgIpc) is 2.37. The number of aliphatic hydroxyl groups is 2. The first-order chi connectivity index (χ1) is 9.82. The van der Waals surface area contributed by atoms with E-state index in [0.29, 0.717) is 22.7 Å². The summed E-state index contributed by atoms with van der Waals surface area (Å²) in [5.41, 5.74) is 0.325. The van der Waals surface area contributed by atoms with E-state index in [4.69, 9.17) is 0 Å². The van der Waals surface area contributed by atoms with Crippen molar-refractivity contribution in [3.63, 3.8) is 0 Å². The highest BCUT2D eigenvalue weighted by atomic mass is 16.3. The average molecular weight is 294 g/mol. The summed E-state index contributed by atoms with van der Waals surface area (Å²) in [5, 5.41) is 20.6. The lowest BCUT2D eigenvalue weighted by molar-refractivity contribution is -0.198. The summed E-state index contributed by atoms with van der Waals surface area (Å²) >= 11 is 0. The molecule has 2 nitrogen and oxygen atoms in total. The molecule has 0 aromatic rings. The predicted octanol–water partition coefficient (Wildman–Crippen LogP) is 4.14. The van der Waals surface area contributed by atoms with Crippen molar-refractivity contribution in [2.75, 3.05) is 6.61 Å². The van der Waals surface area contributed by atoms with E-state index in [1.165, 1.54) is 38.5 Å². The summed E-state index contributed by atoms with van der Waals surface area (Å²) in [6.07, 6.45) is 10.4. The van der Waals surface area contributed by atoms with Crippen molar-refractivity contribution >= 4 is 0 Å². The van der Waals surface area contributed by atoms with Crippen LogP contribution in [0.3, 0.4) is 0 Å². The van der Waals surface area contributed by atoms with Gasteiger partial charge in [0.15, 0.2) is 0 Å². The standard InChI is InChI=1S/C19H34O2/c1-17(2)9-4-10-18(3)15(17)7-11-19(21)13-14(8-12-20)5-6-16(18)19/h14-16,20-21H,4-13H2,1-3H3/t14?,15-,16+,18-,19+/m0/s1. The topological polar surface area (TPSA) is 40.5 Å². The van der Waals surface area contributed by atoms with Crippen LogP contribution in [-0.2, 0) is 0 Å². The summed E-state index contributed by atoms with van der Waals surface area (Å²) in [7, 11) is 0. The number of aliphatic hydroxyl groups excluding tert-OH is 1. The van der Waals surface area contributed by atoms with Gasteiger partial charge in [0.1, 0.15) is 0 Å². The van der Waals surface area contributed by atoms with E-state index in [2.05, 4.69) is 20.8 Å². The van der Waals surface area contributed by atoms with Crippen LogP contribution < -0.4 is 0 Å². The summed E-state index contributed by atoms with van der Waals surface area (Å²) in [6.45, 7) is 7.67. The summed E-state index contributed by atoms with van der Waals surface area (Å²) in [5.74, 6) is 1.80. The Morgan fingerprint density at radius 3 is 2.43 bits per heavy atom. The molecular weight excluding hydrogens is 260 g/mol. The molecule has 3 fully saturated rings. The fourth-order valence-corrected chi connectivity index (χ4v) is 6.76. The molecule has 2 N–H and O–H groups in total. The maximum absolute atomic E-state index is 11.4. The Labute approximate surface area is 130 Å². The Kier molecular flexibility index (Phi) is 3.94. The number of hydrogen-bond donors (Lipinski definition) is 2. The van der Waals surface area contributed by atoms with Crippen molar-refractivity contribution in [1.82, 2.24) is 0 Å². The predicted molar refractivity (Wildman–Crippen MR) is 85.9 cm³/mol. The van der Waals surface area contributed by atoms with Crippen LogP contribution in [0.5, 0.6) is 0 Å². The smallest absolute Gasteiger partial charge is 0.0683 e. The second-order valence-electron chi connectivity index (χ2n) is 9.26. The van der Waals surface area contributed by atoms with Gasteiger partial charge in [-0.2, -0.15) is 0 Å². The molecule has 1 unspecified atom stereocenters. The summed E-state index contributed by atoms with van der Waals surface area (Å²) < 4.78 is 0. The van der Waals surface area contributed by atoms with Crippen LogP contribution in [0.2, 0.25) is 0 Å². The highest BCUT2D eigenvalue weighted by Crippen LogP contribution is 2.65. The Balaban J connectivity index is 1.86. The van der Waals surface area contributed by atoms with Crippen molar-refractivity contribution in [2.45, 2.75) is 84.2 Å². The van der Waals surface area contributed by atoms with E-state index in [1.54, 1.807) is 0 Å². The maximum atomic E-state index is 11.4. The lowest BCUT2D eigenvalue weighted by atomic mass is 9.43. The molecule has 2 heteroatoms. The van der Waals surface area contributed by atoms with Gasteiger partial charge < -0.3 is 10.2 Å². The Morgan fingerprint density at radius 1 is 0.952 bits per heavy atom. The Hall–Kier alpha value is -0.0800. The molecule has 3 rings (SSSR count). The molecule has 122 valence electrons. The van der Waals surface area contributed by atoms with Crippen LogP contribution in [-0.4, -0.2) is 22.4 Å². The van der Waals surface area contributed by atoms with E-state index in [0.717, 1.165) is 25.2 Å². The second-order valence-corrected chi connectivity index (χ2v) is 9.26. The summed E-state index contributed by atoms with van der Waals surface area (Å²) in [4.78, 5) is 0. The third-order valence-electron chi connectivity index (χ3n) is 7.63. The van der Waals surface area contributed by atoms with Crippen molar-refractivity contribution in [3.8, 4) is 0 Å². The molecule has 5 atom stereocenters. The quantitative estimate of drug-likeness (QED) is 0.803. The van der Waals surface area contributed by atoms with Gasteiger partial charge in [-0.05, 0) is 80.0 Å². The largest absolute Gasteiger partial charge is 0.396 e. The van der Waals surface area contributed by atoms with Crippen LogP contribution in [0.4, 0.5) is 0 Å². The molecule has 0 bridgehead atoms. The van der Waals surface area contributed by atoms with Gasteiger partial charge in [0.2, 0.25) is 0 Å². The normalized spacial score (nSPS) is 49.3. The lowest BCUT2D eigenvalue weighted by Crippen LogP contribution is -2.60. The lowest BCUT2D eigenvalue weighted by Gasteiger charge is -2.63. The van der Waals surface area contributed by atoms with Gasteiger partial charge in [-0.1, -0.05) is 27.2 Å². The maximum Gasteiger partial charge on any atom is 0.0683 e. The molecule has 0 aromatic carbocycles. The highest BCUT2D eigenvalue weighted by molar-refractivity contribution is 5.10. The third-order valence-corrected chi connectivity index (χ3v) is 7.63. The molecule has 0 aliphatic heterocycles. The van der Waals surface area contributed by atoms with E-state index in [9.17, 15) is 10.2 Å². The third kappa shape index (κ3) is 2.47. The molecule has 0 heterocycles. The molecule has 21 heavy (non-hydrogen) atoms. The second kappa shape index (κ2) is 5.23. The van der Waals surface area contributed by atoms with Gasteiger partial charge in [0.25, 0.3) is 0 Å². The minimum atomic E-state index is -0.448. The zero-order chi connectivity index (χ0) is 15.3. The molecule has 0 spiro atoms. The number of hydrogen-bond acceptors (Lipinski definition) is 2. The van der Waals surface area contributed by atoms with Crippen LogP contribution >= 0.6 is 0 Å². The first kappa shape index (κ1) is 15.8. The Morgan fingerprint density at radius 2 is 1.71 bits per heavy atom. The van der Waals surface area contributed by atoms with Gasteiger partial charge in [-0.15, -0.1) is 0 Å². The van der Waals surface area contributed by atoms with Gasteiger partial charge in [-0.25, -0.2) is 0 Å². The van der Waals surface area contributed by atoms with E-state index >= 15 is 0 Å². The highest BCUT2D eigenvalue weighted by Gasteiger charge is 2.60. The fourth-order valence-electron chi connectivity index (χ4n) is 6.76. The van der Waals surface area contributed by atoms with Gasteiger partial charge >= 0.3 is 0 Å². The van der Waals surface area contributed by atoms with E-state index in [1.807, 2.05) is 0 Å². The zero-order valence-corrected chi connectivity index (χ0v) is 14.2. The van der Waals surface area contributed by atoms with Crippen molar-refractivity contribution in [2.24, 2.45) is 28.6 Å². The minimum absolute atomic E-state index is 0.276. The molecule has 3 saturated carbocycles. The zero-order valence-electron chi connectivity index (χ0n) is 14.2. The Bertz CT molecular complexity index is 391. The van der Waals surface area contributed by atoms with Crippen LogP contribution in [0.25, 0.3) is 0 Å². The molecule has 0 saturated heterocycles. The van der Waals surface area contributed by atoms with Crippen LogP contribution in [0, 0.1) is 28.6 Å². The summed E-state index contributed by atoms with van der Waals surface area (Å²) in [6, 6.07) is 0. The van der Waals surface area contributed by atoms with Crippen molar-refractivity contribution in [1.29, 1.82) is 0 Å². The van der Waals surface area contributed by atoms with Gasteiger partial charge in [-0.3, -0.25) is 0 Å². The molecule has 0 amide bonds. The van der Waals surface area contributed by atoms with Crippen LogP contribution in [0.1, 0.15) is 78.6 Å². The fraction of sp³-hybridized carbons (Fsp3) is 1.00. The minimum Gasteiger partial charge on any atom is -0.396 e. The molecule has 0 radical (unpaired) electrons. The number of rotatable bonds is 2. The molecule has 0 aromatic heterocycles. The monoisotopic (exact) mass is 294 g/mol. The van der Waals surface area contributed by atoms with E-state index in [-0.39, 0.29) is 6.61 Å². The number of fused-ring (bicyclic) bond motifs is 3.